The monoisotopic (exact) mass is 320 g/mol. The Hall–Kier alpha value is -2.72. The van der Waals surface area contributed by atoms with E-state index in [2.05, 4.69) is 27.9 Å². The van der Waals surface area contributed by atoms with E-state index in [4.69, 9.17) is 11.6 Å². The van der Waals surface area contributed by atoms with Crippen molar-refractivity contribution in [2.24, 2.45) is 0 Å². The van der Waals surface area contributed by atoms with Crippen LogP contribution in [0.15, 0.2) is 61.3 Å². The Balaban J connectivity index is 1.98. The van der Waals surface area contributed by atoms with Crippen LogP contribution in [-0.4, -0.2) is 19.5 Å². The van der Waals surface area contributed by atoms with Crippen molar-refractivity contribution in [3.8, 4) is 16.9 Å². The number of rotatable bonds is 2. The zero-order valence-corrected chi connectivity index (χ0v) is 13.2. The first-order valence-corrected chi connectivity index (χ1v) is 7.61. The van der Waals surface area contributed by atoms with Crippen LogP contribution in [0.5, 0.6) is 0 Å². The summed E-state index contributed by atoms with van der Waals surface area (Å²) in [5, 5.41) is 0.592. The molecule has 4 nitrogen and oxygen atoms in total. The van der Waals surface area contributed by atoms with Gasteiger partial charge in [-0.1, -0.05) is 23.7 Å². The molecule has 0 unspecified atom stereocenters. The normalized spacial score (nSPS) is 11.0. The number of aryl methyl sites for hydroxylation is 1. The van der Waals surface area contributed by atoms with Gasteiger partial charge in [0.2, 0.25) is 0 Å². The Morgan fingerprint density at radius 2 is 1.87 bits per heavy atom. The molecule has 0 aliphatic heterocycles. The molecule has 0 fully saturated rings. The molecule has 0 amide bonds. The number of benzene rings is 1. The topological polar surface area (TPSA) is 43.6 Å². The molecule has 0 bridgehead atoms. The quantitative estimate of drug-likeness (QED) is 0.548. The zero-order valence-electron chi connectivity index (χ0n) is 12.4. The fraction of sp³-hybridized carbons (Fsp3) is 0.0556. The molecule has 0 saturated carbocycles. The lowest BCUT2D eigenvalue weighted by molar-refractivity contribution is 1.02. The molecule has 112 valence electrons. The second-order valence-electron chi connectivity index (χ2n) is 5.29. The number of fused-ring (bicyclic) bond motifs is 1. The molecular formula is C18H13ClN4. The highest BCUT2D eigenvalue weighted by atomic mass is 35.5. The SMILES string of the molecule is Cc1ccncc1-c1cccc2c1ncn2-c1ncccc1Cl. The molecule has 0 radical (unpaired) electrons. The highest BCUT2D eigenvalue weighted by Gasteiger charge is 2.13. The molecule has 0 aliphatic carbocycles. The number of nitrogens with zero attached hydrogens (tertiary/aromatic N) is 4. The summed E-state index contributed by atoms with van der Waals surface area (Å²) >= 11 is 6.28. The number of halogens is 1. The highest BCUT2D eigenvalue weighted by molar-refractivity contribution is 6.32. The summed E-state index contributed by atoms with van der Waals surface area (Å²) in [6.07, 6.45) is 7.15. The average molecular weight is 321 g/mol. The predicted molar refractivity (Wildman–Crippen MR) is 91.8 cm³/mol. The van der Waals surface area contributed by atoms with Crippen LogP contribution >= 0.6 is 11.6 Å². The van der Waals surface area contributed by atoms with Gasteiger partial charge in [0.05, 0.1) is 16.1 Å². The zero-order chi connectivity index (χ0) is 15.8. The molecule has 1 aromatic carbocycles. The van der Waals surface area contributed by atoms with Gasteiger partial charge in [0, 0.05) is 29.7 Å². The summed E-state index contributed by atoms with van der Waals surface area (Å²) < 4.78 is 1.91. The summed E-state index contributed by atoms with van der Waals surface area (Å²) in [7, 11) is 0. The standard InChI is InChI=1S/C18H13ClN4/c1-12-7-9-20-10-14(12)13-4-2-6-16-17(13)22-11-23(16)18-15(19)5-3-8-21-18/h2-11H,1H3. The molecule has 4 aromatic rings. The van der Waals surface area contributed by atoms with E-state index in [0.29, 0.717) is 10.8 Å². The molecule has 0 atom stereocenters. The number of aromatic nitrogens is 4. The smallest absolute Gasteiger partial charge is 0.157 e. The van der Waals surface area contributed by atoms with Crippen molar-refractivity contribution in [1.29, 1.82) is 0 Å². The van der Waals surface area contributed by atoms with E-state index in [9.17, 15) is 0 Å². The van der Waals surface area contributed by atoms with Gasteiger partial charge < -0.3 is 0 Å². The van der Waals surface area contributed by atoms with Crippen LogP contribution in [0.2, 0.25) is 5.02 Å². The maximum atomic E-state index is 6.28. The molecule has 3 aromatic heterocycles. The molecule has 0 N–H and O–H groups in total. The maximum Gasteiger partial charge on any atom is 0.157 e. The minimum atomic E-state index is 0.592. The number of imidazole rings is 1. The third-order valence-electron chi connectivity index (χ3n) is 3.87. The number of para-hydroxylation sites is 1. The van der Waals surface area contributed by atoms with Crippen LogP contribution in [0.25, 0.3) is 28.0 Å². The average Bonchev–Trinajstić information content (AvgIpc) is 3.00. The fourth-order valence-corrected chi connectivity index (χ4v) is 2.94. The third-order valence-corrected chi connectivity index (χ3v) is 4.17. The van der Waals surface area contributed by atoms with Gasteiger partial charge in [0.25, 0.3) is 0 Å². The van der Waals surface area contributed by atoms with Gasteiger partial charge in [-0.3, -0.25) is 9.55 Å². The second kappa shape index (κ2) is 5.48. The number of hydrogen-bond acceptors (Lipinski definition) is 3. The van der Waals surface area contributed by atoms with Crippen LogP contribution in [0, 0.1) is 6.92 Å². The van der Waals surface area contributed by atoms with Gasteiger partial charge >= 0.3 is 0 Å². The molecule has 5 heteroatoms. The Kier molecular flexibility index (Phi) is 3.32. The lowest BCUT2D eigenvalue weighted by Gasteiger charge is -2.08. The van der Waals surface area contributed by atoms with Crippen molar-refractivity contribution < 1.29 is 0 Å². The van der Waals surface area contributed by atoms with E-state index in [1.807, 2.05) is 41.1 Å². The molecule has 0 saturated heterocycles. The molecule has 23 heavy (non-hydrogen) atoms. The maximum absolute atomic E-state index is 6.28. The van der Waals surface area contributed by atoms with Gasteiger partial charge in [-0.05, 0) is 36.8 Å². The summed E-state index contributed by atoms with van der Waals surface area (Å²) in [6, 6.07) is 11.7. The first-order chi connectivity index (χ1) is 11.3. The molecular weight excluding hydrogens is 308 g/mol. The van der Waals surface area contributed by atoms with E-state index in [0.717, 1.165) is 27.7 Å². The van der Waals surface area contributed by atoms with Crippen LogP contribution in [-0.2, 0) is 0 Å². The van der Waals surface area contributed by atoms with Crippen molar-refractivity contribution in [3.05, 3.63) is 71.9 Å². The lowest BCUT2D eigenvalue weighted by atomic mass is 10.0. The lowest BCUT2D eigenvalue weighted by Crippen LogP contribution is -1.96. The van der Waals surface area contributed by atoms with Crippen molar-refractivity contribution in [1.82, 2.24) is 19.5 Å². The summed E-state index contributed by atoms with van der Waals surface area (Å²) in [6.45, 7) is 2.07. The summed E-state index contributed by atoms with van der Waals surface area (Å²) in [4.78, 5) is 13.2. The van der Waals surface area contributed by atoms with Gasteiger partial charge in [-0.2, -0.15) is 0 Å². The number of hydrogen-bond donors (Lipinski definition) is 0. The Morgan fingerprint density at radius 1 is 0.957 bits per heavy atom. The van der Waals surface area contributed by atoms with E-state index >= 15 is 0 Å². The molecule has 0 spiro atoms. The van der Waals surface area contributed by atoms with E-state index in [1.165, 1.54) is 0 Å². The first kappa shape index (κ1) is 13.9. The minimum Gasteiger partial charge on any atom is -0.282 e. The van der Waals surface area contributed by atoms with E-state index < -0.39 is 0 Å². The number of pyridine rings is 2. The highest BCUT2D eigenvalue weighted by Crippen LogP contribution is 2.31. The van der Waals surface area contributed by atoms with Crippen LogP contribution < -0.4 is 0 Å². The predicted octanol–water partition coefficient (Wildman–Crippen LogP) is 4.44. The Morgan fingerprint density at radius 3 is 2.70 bits per heavy atom. The van der Waals surface area contributed by atoms with Gasteiger partial charge in [0.1, 0.15) is 6.33 Å². The Bertz CT molecular complexity index is 1010. The third kappa shape index (κ3) is 2.28. The van der Waals surface area contributed by atoms with Crippen molar-refractivity contribution in [2.75, 3.05) is 0 Å². The van der Waals surface area contributed by atoms with Crippen molar-refractivity contribution in [3.63, 3.8) is 0 Å². The van der Waals surface area contributed by atoms with Gasteiger partial charge in [0.15, 0.2) is 5.82 Å². The van der Waals surface area contributed by atoms with Crippen LogP contribution in [0.1, 0.15) is 5.56 Å². The fourth-order valence-electron chi connectivity index (χ4n) is 2.73. The molecule has 4 rings (SSSR count). The minimum absolute atomic E-state index is 0.592. The summed E-state index contributed by atoms with van der Waals surface area (Å²) in [5.74, 6) is 0.678. The first-order valence-electron chi connectivity index (χ1n) is 7.23. The van der Waals surface area contributed by atoms with Crippen LogP contribution in [0.3, 0.4) is 0 Å². The Labute approximate surface area is 138 Å². The largest absolute Gasteiger partial charge is 0.282 e. The summed E-state index contributed by atoms with van der Waals surface area (Å²) in [5.41, 5.74) is 5.17. The van der Waals surface area contributed by atoms with Gasteiger partial charge in [-0.25, -0.2) is 9.97 Å². The van der Waals surface area contributed by atoms with Crippen molar-refractivity contribution >= 4 is 22.6 Å². The van der Waals surface area contributed by atoms with Gasteiger partial charge in [-0.15, -0.1) is 0 Å². The van der Waals surface area contributed by atoms with Crippen LogP contribution in [0.4, 0.5) is 0 Å². The van der Waals surface area contributed by atoms with E-state index in [-0.39, 0.29) is 0 Å². The molecule has 3 heterocycles. The van der Waals surface area contributed by atoms with E-state index in [1.54, 1.807) is 18.7 Å². The second-order valence-corrected chi connectivity index (χ2v) is 5.69. The molecule has 0 aliphatic rings. The van der Waals surface area contributed by atoms with Crippen molar-refractivity contribution in [2.45, 2.75) is 6.92 Å².